The van der Waals surface area contributed by atoms with Crippen LogP contribution in [-0.2, 0) is 0 Å². The van der Waals surface area contributed by atoms with Gasteiger partial charge in [-0.1, -0.05) is 146 Å². The van der Waals surface area contributed by atoms with E-state index < -0.39 is 0 Å². The Bertz CT molecular complexity index is 3190. The van der Waals surface area contributed by atoms with Crippen LogP contribution >= 0.6 is 0 Å². The number of para-hydroxylation sites is 5. The molecule has 0 saturated carbocycles. The van der Waals surface area contributed by atoms with E-state index in [1.54, 1.807) is 0 Å². The molecule has 2 heterocycles. The topological polar surface area (TPSA) is 13.1 Å². The van der Waals surface area contributed by atoms with E-state index in [0.29, 0.717) is 0 Å². The second-order valence-electron chi connectivity index (χ2n) is 14.6. The van der Waals surface area contributed by atoms with Crippen molar-refractivity contribution in [2.45, 2.75) is 0 Å². The largest absolute Gasteiger partial charge is 0.310 e. The summed E-state index contributed by atoms with van der Waals surface area (Å²) in [5.74, 6) is 0. The van der Waals surface area contributed by atoms with Crippen LogP contribution < -0.4 is 4.90 Å². The first-order chi connectivity index (χ1) is 28.3. The van der Waals surface area contributed by atoms with Crippen LogP contribution in [-0.4, -0.2) is 9.13 Å². The molecule has 3 nitrogen and oxygen atoms in total. The molecular weight excluding hydrogens is 691 g/mol. The highest BCUT2D eigenvalue weighted by atomic mass is 15.1. The molecule has 0 fully saturated rings. The zero-order valence-corrected chi connectivity index (χ0v) is 31.2. The highest BCUT2D eigenvalue weighted by Gasteiger charge is 2.21. The fraction of sp³-hybridized carbons (Fsp3) is 0. The Kier molecular flexibility index (Phi) is 7.82. The van der Waals surface area contributed by atoms with E-state index in [0.717, 1.165) is 39.6 Å². The second-order valence-corrected chi connectivity index (χ2v) is 14.6. The highest BCUT2D eigenvalue weighted by Crippen LogP contribution is 2.44. The van der Waals surface area contributed by atoms with Crippen LogP contribution in [0.5, 0.6) is 0 Å². The maximum absolute atomic E-state index is 2.43. The van der Waals surface area contributed by atoms with Gasteiger partial charge in [0.2, 0.25) is 0 Å². The molecule has 2 aromatic heterocycles. The number of fused-ring (bicyclic) bond motifs is 6. The molecule has 57 heavy (non-hydrogen) atoms. The second kappa shape index (κ2) is 13.6. The molecule has 0 radical (unpaired) electrons. The lowest BCUT2D eigenvalue weighted by atomic mass is 9.99. The van der Waals surface area contributed by atoms with E-state index in [-0.39, 0.29) is 0 Å². The van der Waals surface area contributed by atoms with E-state index in [4.69, 9.17) is 0 Å². The third-order valence-electron chi connectivity index (χ3n) is 11.3. The predicted octanol–water partition coefficient (Wildman–Crippen LogP) is 14.7. The zero-order valence-electron chi connectivity index (χ0n) is 31.2. The summed E-state index contributed by atoms with van der Waals surface area (Å²) in [7, 11) is 0. The van der Waals surface area contributed by atoms with Gasteiger partial charge >= 0.3 is 0 Å². The molecule has 11 aromatic rings. The van der Waals surface area contributed by atoms with E-state index in [1.807, 2.05) is 0 Å². The molecule has 9 aromatic carbocycles. The van der Waals surface area contributed by atoms with Gasteiger partial charge in [-0.15, -0.1) is 0 Å². The summed E-state index contributed by atoms with van der Waals surface area (Å²) in [6.45, 7) is 0. The van der Waals surface area contributed by atoms with Gasteiger partial charge in [-0.2, -0.15) is 0 Å². The fourth-order valence-corrected chi connectivity index (χ4v) is 8.76. The minimum absolute atomic E-state index is 1.08. The smallest absolute Gasteiger partial charge is 0.0541 e. The van der Waals surface area contributed by atoms with Crippen LogP contribution in [0.2, 0.25) is 0 Å². The summed E-state index contributed by atoms with van der Waals surface area (Å²) in [5, 5.41) is 4.97. The van der Waals surface area contributed by atoms with Gasteiger partial charge in [0.1, 0.15) is 0 Å². The number of anilines is 3. The Morgan fingerprint density at radius 3 is 1.47 bits per heavy atom. The molecule has 0 bridgehead atoms. The Morgan fingerprint density at radius 1 is 0.281 bits per heavy atom. The molecule has 0 saturated heterocycles. The van der Waals surface area contributed by atoms with Crippen molar-refractivity contribution < 1.29 is 0 Å². The van der Waals surface area contributed by atoms with Gasteiger partial charge in [-0.25, -0.2) is 0 Å². The number of nitrogens with zero attached hydrogens (tertiary/aromatic N) is 3. The molecule has 0 aliphatic carbocycles. The maximum atomic E-state index is 2.43. The van der Waals surface area contributed by atoms with Gasteiger partial charge in [-0.3, -0.25) is 0 Å². The third-order valence-corrected chi connectivity index (χ3v) is 11.3. The monoisotopic (exact) mass is 727 g/mol. The van der Waals surface area contributed by atoms with Crippen LogP contribution in [0.25, 0.3) is 77.2 Å². The van der Waals surface area contributed by atoms with Crippen molar-refractivity contribution in [2.75, 3.05) is 4.90 Å². The summed E-state index contributed by atoms with van der Waals surface area (Å²) in [6.07, 6.45) is 0. The third kappa shape index (κ3) is 5.51. The average Bonchev–Trinajstić information content (AvgIpc) is 3.80. The zero-order chi connectivity index (χ0) is 37.7. The van der Waals surface area contributed by atoms with Crippen molar-refractivity contribution in [3.63, 3.8) is 0 Å². The quantitative estimate of drug-likeness (QED) is 0.159. The van der Waals surface area contributed by atoms with Crippen molar-refractivity contribution in [1.29, 1.82) is 0 Å². The first kappa shape index (κ1) is 32.8. The molecule has 0 aliphatic heterocycles. The van der Waals surface area contributed by atoms with Gasteiger partial charge in [0.05, 0.1) is 27.8 Å². The summed E-state index contributed by atoms with van der Waals surface area (Å²) < 4.78 is 4.77. The number of hydrogen-bond donors (Lipinski definition) is 0. The SMILES string of the molecule is c1ccc(-c2cccc(N(c3cccc(-n4c5ccccc5c5ccccc54)c3)c3ccccc3-c3ccc4c(c3)c3ccccc3n4-c3ccccc3)c2)cc1. The molecule has 0 unspecified atom stereocenters. The normalized spacial score (nSPS) is 11.5. The maximum Gasteiger partial charge on any atom is 0.0541 e. The lowest BCUT2D eigenvalue weighted by Gasteiger charge is -2.29. The summed E-state index contributed by atoms with van der Waals surface area (Å²) >= 11 is 0. The van der Waals surface area contributed by atoms with E-state index in [9.17, 15) is 0 Å². The fourth-order valence-electron chi connectivity index (χ4n) is 8.76. The van der Waals surface area contributed by atoms with Crippen molar-refractivity contribution in [3.8, 4) is 33.6 Å². The Morgan fingerprint density at radius 2 is 0.772 bits per heavy atom. The molecule has 0 aliphatic rings. The standard InChI is InChI=1S/C54H37N3/c1-3-17-38(18-4-1)39-19-15-22-42(35-39)55(43-23-16-24-44(37-43)57-51-30-12-8-26-46(51)47-27-9-13-31-52(47)57)50-29-11-7-25-45(50)40-33-34-54-49(36-40)48-28-10-14-32-53(48)56(54)41-20-5-2-6-21-41/h1-37H. The van der Waals surface area contributed by atoms with Crippen molar-refractivity contribution >= 4 is 60.7 Å². The van der Waals surface area contributed by atoms with Crippen LogP contribution in [0.4, 0.5) is 17.1 Å². The Hall–Kier alpha value is -7.62. The Balaban J connectivity index is 1.13. The molecule has 3 heteroatoms. The first-order valence-electron chi connectivity index (χ1n) is 19.5. The molecule has 11 rings (SSSR count). The molecule has 268 valence electrons. The lowest BCUT2D eigenvalue weighted by molar-refractivity contribution is 1.17. The lowest BCUT2D eigenvalue weighted by Crippen LogP contribution is -2.12. The van der Waals surface area contributed by atoms with Gasteiger partial charge < -0.3 is 14.0 Å². The molecule has 0 amide bonds. The van der Waals surface area contributed by atoms with Crippen LogP contribution in [0.1, 0.15) is 0 Å². The molecular formula is C54H37N3. The summed E-state index contributed by atoms with van der Waals surface area (Å²) in [6, 6.07) is 81.2. The molecule has 0 N–H and O–H groups in total. The van der Waals surface area contributed by atoms with Gasteiger partial charge in [-0.05, 0) is 95.6 Å². The minimum Gasteiger partial charge on any atom is -0.310 e. The predicted molar refractivity (Wildman–Crippen MR) is 241 cm³/mol. The number of rotatable bonds is 7. The van der Waals surface area contributed by atoms with Crippen molar-refractivity contribution in [1.82, 2.24) is 9.13 Å². The van der Waals surface area contributed by atoms with Crippen molar-refractivity contribution in [2.24, 2.45) is 0 Å². The van der Waals surface area contributed by atoms with Gasteiger partial charge in [0.25, 0.3) is 0 Å². The van der Waals surface area contributed by atoms with Crippen LogP contribution in [0, 0.1) is 0 Å². The number of aromatic nitrogens is 2. The van der Waals surface area contributed by atoms with E-state index in [1.165, 1.54) is 54.7 Å². The Labute approximate surface area is 331 Å². The number of hydrogen-bond acceptors (Lipinski definition) is 1. The van der Waals surface area contributed by atoms with Crippen LogP contribution in [0.3, 0.4) is 0 Å². The van der Waals surface area contributed by atoms with E-state index >= 15 is 0 Å². The molecule has 0 spiro atoms. The highest BCUT2D eigenvalue weighted by molar-refractivity contribution is 6.11. The minimum atomic E-state index is 1.08. The summed E-state index contributed by atoms with van der Waals surface area (Å²) in [5.41, 5.74) is 15.0. The van der Waals surface area contributed by atoms with Gasteiger partial charge in [0, 0.05) is 49.9 Å². The summed E-state index contributed by atoms with van der Waals surface area (Å²) in [4.78, 5) is 2.43. The average molecular weight is 728 g/mol. The van der Waals surface area contributed by atoms with Crippen LogP contribution in [0.15, 0.2) is 224 Å². The number of benzene rings is 9. The first-order valence-corrected chi connectivity index (χ1v) is 19.5. The molecule has 0 atom stereocenters. The van der Waals surface area contributed by atoms with E-state index in [2.05, 4.69) is 238 Å². The van der Waals surface area contributed by atoms with Crippen molar-refractivity contribution in [3.05, 3.63) is 224 Å². The van der Waals surface area contributed by atoms with Gasteiger partial charge in [0.15, 0.2) is 0 Å².